The second kappa shape index (κ2) is 3.25. The largest absolute Gasteiger partial charge is 0.514 e. The van der Waals surface area contributed by atoms with E-state index in [0.717, 1.165) is 0 Å². The summed E-state index contributed by atoms with van der Waals surface area (Å²) in [4.78, 5) is 10.5. The molecule has 0 saturated heterocycles. The predicted octanol–water partition coefficient (Wildman–Crippen LogP) is 1.48. The predicted molar refractivity (Wildman–Crippen MR) is 41.8 cm³/mol. The Morgan fingerprint density at radius 2 is 2.45 bits per heavy atom. The molecule has 0 spiro atoms. The highest BCUT2D eigenvalue weighted by atomic mass is 32.1. The third-order valence-electron chi connectivity index (χ3n) is 0.946. The normalized spacial score (nSPS) is 9.18. The summed E-state index contributed by atoms with van der Waals surface area (Å²) >= 11 is 1.25. The van der Waals surface area contributed by atoms with Gasteiger partial charge in [-0.1, -0.05) is 0 Å². The van der Waals surface area contributed by atoms with Gasteiger partial charge in [-0.3, -0.25) is 0 Å². The van der Waals surface area contributed by atoms with Crippen molar-refractivity contribution in [2.45, 2.75) is 0 Å². The summed E-state index contributed by atoms with van der Waals surface area (Å²) in [6.07, 6.45) is -0.730. The molecule has 0 saturated carbocycles. The second-order valence-corrected chi connectivity index (χ2v) is 2.63. The Hall–Kier alpha value is -1.23. The lowest BCUT2D eigenvalue weighted by Crippen LogP contribution is -2.05. The van der Waals surface area contributed by atoms with Gasteiger partial charge in [-0.2, -0.15) is 0 Å². The summed E-state index contributed by atoms with van der Waals surface area (Å²) in [6, 6.07) is 1.56. The van der Waals surface area contributed by atoms with Crippen LogP contribution in [0.2, 0.25) is 0 Å². The van der Waals surface area contributed by atoms with Gasteiger partial charge >= 0.3 is 6.16 Å². The van der Waals surface area contributed by atoms with Crippen molar-refractivity contribution in [3.05, 3.63) is 11.4 Å². The number of ether oxygens (including phenoxy) is 2. The maximum absolute atomic E-state index is 10.5. The average molecular weight is 173 g/mol. The molecule has 0 aliphatic carbocycles. The molecule has 0 fully saturated rings. The molecule has 1 heterocycles. The monoisotopic (exact) mass is 173 g/mol. The van der Waals surface area contributed by atoms with E-state index in [1.807, 2.05) is 0 Å². The van der Waals surface area contributed by atoms with Crippen molar-refractivity contribution in [2.75, 3.05) is 12.8 Å². The standard InChI is InChI=1S/C6H7NO3S/c1-9-6(8)10-5-2-4(7)3-11-5/h2-3H,7H2,1H3. The number of hydrogen-bond acceptors (Lipinski definition) is 5. The van der Waals surface area contributed by atoms with Crippen LogP contribution in [-0.4, -0.2) is 13.3 Å². The molecule has 0 radical (unpaired) electrons. The SMILES string of the molecule is COC(=O)Oc1cc(N)cs1. The minimum absolute atomic E-state index is 0.439. The minimum Gasteiger partial charge on any atom is -0.437 e. The Balaban J connectivity index is 2.57. The van der Waals surface area contributed by atoms with Gasteiger partial charge in [-0.05, 0) is 0 Å². The molecule has 0 aliphatic rings. The van der Waals surface area contributed by atoms with Crippen LogP contribution in [0.4, 0.5) is 10.5 Å². The Labute approximate surface area is 67.5 Å². The van der Waals surface area contributed by atoms with Crippen LogP contribution in [0.15, 0.2) is 11.4 Å². The smallest absolute Gasteiger partial charge is 0.437 e. The van der Waals surface area contributed by atoms with Gasteiger partial charge < -0.3 is 15.2 Å². The van der Waals surface area contributed by atoms with E-state index in [-0.39, 0.29) is 0 Å². The molecule has 60 valence electrons. The fraction of sp³-hybridized carbons (Fsp3) is 0.167. The third-order valence-corrected chi connectivity index (χ3v) is 1.77. The first-order valence-corrected chi connectivity index (χ1v) is 3.70. The van der Waals surface area contributed by atoms with E-state index in [1.54, 1.807) is 11.4 Å². The van der Waals surface area contributed by atoms with Gasteiger partial charge in [-0.15, -0.1) is 11.3 Å². The highest BCUT2D eigenvalue weighted by molar-refractivity contribution is 7.12. The molecule has 1 aromatic heterocycles. The molecule has 0 bridgehead atoms. The van der Waals surface area contributed by atoms with Crippen LogP contribution in [-0.2, 0) is 4.74 Å². The van der Waals surface area contributed by atoms with Crippen LogP contribution in [0, 0.1) is 0 Å². The maximum atomic E-state index is 10.5. The number of methoxy groups -OCH3 is 1. The van der Waals surface area contributed by atoms with Crippen molar-refractivity contribution in [1.29, 1.82) is 0 Å². The van der Waals surface area contributed by atoms with Crippen molar-refractivity contribution in [3.8, 4) is 5.06 Å². The first-order chi connectivity index (χ1) is 5.22. The number of carbonyl (C=O) groups excluding carboxylic acids is 1. The zero-order chi connectivity index (χ0) is 8.27. The lowest BCUT2D eigenvalue weighted by molar-refractivity contribution is 0.123. The molecule has 0 atom stereocenters. The molecular weight excluding hydrogens is 166 g/mol. The van der Waals surface area contributed by atoms with Crippen LogP contribution in [0.1, 0.15) is 0 Å². The number of anilines is 1. The quantitative estimate of drug-likeness (QED) is 0.653. The summed E-state index contributed by atoms with van der Waals surface area (Å²) in [5, 5.41) is 2.12. The van der Waals surface area contributed by atoms with Gasteiger partial charge in [0.2, 0.25) is 0 Å². The van der Waals surface area contributed by atoms with Gasteiger partial charge in [-0.25, -0.2) is 4.79 Å². The molecule has 4 nitrogen and oxygen atoms in total. The number of hydrogen-bond donors (Lipinski definition) is 1. The molecular formula is C6H7NO3S. The Morgan fingerprint density at radius 3 is 2.91 bits per heavy atom. The van der Waals surface area contributed by atoms with Crippen molar-refractivity contribution in [2.24, 2.45) is 0 Å². The number of nitrogens with two attached hydrogens (primary N) is 1. The van der Waals surface area contributed by atoms with Crippen LogP contribution in [0.5, 0.6) is 5.06 Å². The highest BCUT2D eigenvalue weighted by Gasteiger charge is 2.04. The van der Waals surface area contributed by atoms with E-state index >= 15 is 0 Å². The van der Waals surface area contributed by atoms with Gasteiger partial charge in [0.1, 0.15) is 0 Å². The molecule has 0 aliphatic heterocycles. The van der Waals surface area contributed by atoms with Crippen LogP contribution in [0.3, 0.4) is 0 Å². The molecule has 1 rings (SSSR count). The van der Waals surface area contributed by atoms with Crippen molar-refractivity contribution >= 4 is 23.2 Å². The second-order valence-electron chi connectivity index (χ2n) is 1.76. The fourth-order valence-corrected chi connectivity index (χ4v) is 1.15. The topological polar surface area (TPSA) is 61.5 Å². The number of rotatable bonds is 1. The summed E-state index contributed by atoms with van der Waals surface area (Å²) in [6.45, 7) is 0. The van der Waals surface area contributed by atoms with Crippen LogP contribution < -0.4 is 10.5 Å². The van der Waals surface area contributed by atoms with Gasteiger partial charge in [0.25, 0.3) is 0 Å². The zero-order valence-corrected chi connectivity index (χ0v) is 6.68. The molecule has 1 aromatic rings. The first-order valence-electron chi connectivity index (χ1n) is 2.82. The molecule has 0 aromatic carbocycles. The summed E-state index contributed by atoms with van der Waals surface area (Å²) < 4.78 is 8.93. The Kier molecular flexibility index (Phi) is 2.32. The summed E-state index contributed by atoms with van der Waals surface area (Å²) in [5.74, 6) is 0. The lowest BCUT2D eigenvalue weighted by atomic mass is 10.5. The summed E-state index contributed by atoms with van der Waals surface area (Å²) in [7, 11) is 1.25. The molecule has 5 heteroatoms. The maximum Gasteiger partial charge on any atom is 0.514 e. The van der Waals surface area contributed by atoms with Crippen molar-refractivity contribution in [3.63, 3.8) is 0 Å². The molecule has 0 amide bonds. The fourth-order valence-electron chi connectivity index (χ4n) is 0.508. The van der Waals surface area contributed by atoms with E-state index in [0.29, 0.717) is 10.8 Å². The van der Waals surface area contributed by atoms with Crippen molar-refractivity contribution in [1.82, 2.24) is 0 Å². The van der Waals surface area contributed by atoms with E-state index in [1.165, 1.54) is 18.4 Å². The zero-order valence-electron chi connectivity index (χ0n) is 5.87. The van der Waals surface area contributed by atoms with Crippen LogP contribution >= 0.6 is 11.3 Å². The van der Waals surface area contributed by atoms with Gasteiger partial charge in [0, 0.05) is 17.1 Å². The highest BCUT2D eigenvalue weighted by Crippen LogP contribution is 2.24. The number of carbonyl (C=O) groups is 1. The summed E-state index contributed by atoms with van der Waals surface area (Å²) in [5.41, 5.74) is 5.95. The Bertz CT molecular complexity index is 258. The van der Waals surface area contributed by atoms with Gasteiger partial charge in [0.15, 0.2) is 5.06 Å². The minimum atomic E-state index is -0.730. The van der Waals surface area contributed by atoms with E-state index < -0.39 is 6.16 Å². The molecule has 0 unspecified atom stereocenters. The first kappa shape index (κ1) is 7.87. The van der Waals surface area contributed by atoms with E-state index in [2.05, 4.69) is 9.47 Å². The van der Waals surface area contributed by atoms with E-state index in [4.69, 9.17) is 5.73 Å². The van der Waals surface area contributed by atoms with Crippen LogP contribution in [0.25, 0.3) is 0 Å². The van der Waals surface area contributed by atoms with Gasteiger partial charge in [0.05, 0.1) is 7.11 Å². The molecule has 11 heavy (non-hydrogen) atoms. The van der Waals surface area contributed by atoms with Crippen molar-refractivity contribution < 1.29 is 14.3 Å². The number of thiophene rings is 1. The lowest BCUT2D eigenvalue weighted by Gasteiger charge is -1.96. The number of nitrogen functional groups attached to an aromatic ring is 1. The molecule has 2 N–H and O–H groups in total. The Morgan fingerprint density at radius 1 is 1.73 bits per heavy atom. The van der Waals surface area contributed by atoms with E-state index in [9.17, 15) is 4.79 Å². The average Bonchev–Trinajstić information content (AvgIpc) is 2.35. The third kappa shape index (κ3) is 2.12.